The Morgan fingerprint density at radius 1 is 1.19 bits per heavy atom. The van der Waals surface area contributed by atoms with Crippen LogP contribution in [0.1, 0.15) is 46.5 Å². The lowest BCUT2D eigenvalue weighted by Crippen LogP contribution is -2.40. The standard InChI is InChI=1S/C13H23NO2/c1-4-11(5-2)13(16)12-6-8-14(9-7-12)10(3)15/h11-12H,4-9H2,1-3H3. The van der Waals surface area contributed by atoms with Gasteiger partial charge >= 0.3 is 0 Å². The van der Waals surface area contributed by atoms with Gasteiger partial charge in [-0.25, -0.2) is 0 Å². The summed E-state index contributed by atoms with van der Waals surface area (Å²) in [5.41, 5.74) is 0. The molecule has 16 heavy (non-hydrogen) atoms. The number of carbonyl (C=O) groups excluding carboxylic acids is 2. The normalized spacial score (nSPS) is 17.9. The second kappa shape index (κ2) is 6.02. The molecule has 0 aromatic rings. The molecule has 3 heteroatoms. The van der Waals surface area contributed by atoms with Crippen molar-refractivity contribution in [3.8, 4) is 0 Å². The molecule has 0 bridgehead atoms. The van der Waals surface area contributed by atoms with Gasteiger partial charge in [-0.2, -0.15) is 0 Å². The number of hydrogen-bond acceptors (Lipinski definition) is 2. The first-order chi connectivity index (χ1) is 7.60. The highest BCUT2D eigenvalue weighted by molar-refractivity contribution is 5.83. The summed E-state index contributed by atoms with van der Waals surface area (Å²) < 4.78 is 0. The average Bonchev–Trinajstić information content (AvgIpc) is 2.30. The van der Waals surface area contributed by atoms with Crippen molar-refractivity contribution in [1.82, 2.24) is 4.90 Å². The predicted molar refractivity (Wildman–Crippen MR) is 64.1 cm³/mol. The maximum atomic E-state index is 12.1. The van der Waals surface area contributed by atoms with Crippen LogP contribution in [0.25, 0.3) is 0 Å². The van der Waals surface area contributed by atoms with Crippen LogP contribution in [0.2, 0.25) is 0 Å². The van der Waals surface area contributed by atoms with Crippen LogP contribution in [0.15, 0.2) is 0 Å². The van der Waals surface area contributed by atoms with E-state index in [9.17, 15) is 9.59 Å². The maximum Gasteiger partial charge on any atom is 0.219 e. The summed E-state index contributed by atoms with van der Waals surface area (Å²) in [5.74, 6) is 0.982. The lowest BCUT2D eigenvalue weighted by atomic mass is 9.83. The first-order valence-electron chi connectivity index (χ1n) is 6.39. The zero-order chi connectivity index (χ0) is 12.1. The van der Waals surface area contributed by atoms with E-state index in [-0.39, 0.29) is 17.7 Å². The Kier molecular flexibility index (Phi) is 4.97. The van der Waals surface area contributed by atoms with Crippen molar-refractivity contribution in [3.63, 3.8) is 0 Å². The highest BCUT2D eigenvalue weighted by Crippen LogP contribution is 2.24. The Hall–Kier alpha value is -0.860. The monoisotopic (exact) mass is 225 g/mol. The summed E-state index contributed by atoms with van der Waals surface area (Å²) in [6, 6.07) is 0. The molecule has 1 aliphatic heterocycles. The van der Waals surface area contributed by atoms with Crippen LogP contribution >= 0.6 is 0 Å². The van der Waals surface area contributed by atoms with E-state index in [1.54, 1.807) is 6.92 Å². The van der Waals surface area contributed by atoms with E-state index in [4.69, 9.17) is 0 Å². The highest BCUT2D eigenvalue weighted by Gasteiger charge is 2.29. The minimum atomic E-state index is 0.133. The minimum absolute atomic E-state index is 0.133. The minimum Gasteiger partial charge on any atom is -0.343 e. The van der Waals surface area contributed by atoms with Crippen molar-refractivity contribution in [2.75, 3.05) is 13.1 Å². The van der Waals surface area contributed by atoms with Gasteiger partial charge in [0.1, 0.15) is 5.78 Å². The number of ketones is 1. The Labute approximate surface area is 98.2 Å². The van der Waals surface area contributed by atoms with Gasteiger partial charge in [0.2, 0.25) is 5.91 Å². The highest BCUT2D eigenvalue weighted by atomic mass is 16.2. The number of amides is 1. The number of likely N-dealkylation sites (tertiary alicyclic amines) is 1. The first-order valence-corrected chi connectivity index (χ1v) is 6.39. The van der Waals surface area contributed by atoms with Gasteiger partial charge < -0.3 is 4.90 Å². The van der Waals surface area contributed by atoms with Crippen molar-refractivity contribution in [2.45, 2.75) is 46.5 Å². The van der Waals surface area contributed by atoms with Crippen LogP contribution < -0.4 is 0 Å². The molecule has 3 nitrogen and oxygen atoms in total. The number of hydrogen-bond donors (Lipinski definition) is 0. The quantitative estimate of drug-likeness (QED) is 0.736. The van der Waals surface area contributed by atoms with Gasteiger partial charge in [0, 0.05) is 31.8 Å². The summed E-state index contributed by atoms with van der Waals surface area (Å²) in [7, 11) is 0. The third-order valence-electron chi connectivity index (χ3n) is 3.73. The van der Waals surface area contributed by atoms with Crippen LogP contribution in [-0.4, -0.2) is 29.7 Å². The van der Waals surface area contributed by atoms with Crippen LogP contribution in [0.3, 0.4) is 0 Å². The molecule has 92 valence electrons. The second-order valence-corrected chi connectivity index (χ2v) is 4.70. The molecule has 1 aliphatic rings. The van der Waals surface area contributed by atoms with Crippen LogP contribution in [0.5, 0.6) is 0 Å². The summed E-state index contributed by atoms with van der Waals surface area (Å²) in [4.78, 5) is 25.1. The molecule has 0 saturated carbocycles. The molecule has 0 spiro atoms. The molecule has 1 fully saturated rings. The number of piperidine rings is 1. The lowest BCUT2D eigenvalue weighted by molar-refractivity contribution is -0.134. The van der Waals surface area contributed by atoms with E-state index in [0.717, 1.165) is 38.8 Å². The predicted octanol–water partition coefficient (Wildman–Crippen LogP) is 2.25. The Morgan fingerprint density at radius 2 is 1.69 bits per heavy atom. The van der Waals surface area contributed by atoms with E-state index in [2.05, 4.69) is 13.8 Å². The molecule has 0 radical (unpaired) electrons. The fraction of sp³-hybridized carbons (Fsp3) is 0.846. The Balaban J connectivity index is 2.47. The van der Waals surface area contributed by atoms with Crippen molar-refractivity contribution in [2.24, 2.45) is 11.8 Å². The molecule has 1 heterocycles. The van der Waals surface area contributed by atoms with Gasteiger partial charge in [-0.05, 0) is 25.7 Å². The molecule has 0 aliphatic carbocycles. The maximum absolute atomic E-state index is 12.1. The first kappa shape index (κ1) is 13.2. The molecule has 0 N–H and O–H groups in total. The zero-order valence-electron chi connectivity index (χ0n) is 10.7. The zero-order valence-corrected chi connectivity index (χ0v) is 10.7. The topological polar surface area (TPSA) is 37.4 Å². The third kappa shape index (κ3) is 3.06. The molecule has 0 aromatic carbocycles. The smallest absolute Gasteiger partial charge is 0.219 e. The number of nitrogens with zero attached hydrogens (tertiary/aromatic N) is 1. The van der Waals surface area contributed by atoms with Crippen molar-refractivity contribution in [1.29, 1.82) is 0 Å². The summed E-state index contributed by atoms with van der Waals surface area (Å²) >= 11 is 0. The Bertz CT molecular complexity index is 251. The van der Waals surface area contributed by atoms with E-state index < -0.39 is 0 Å². The van der Waals surface area contributed by atoms with E-state index in [1.165, 1.54) is 0 Å². The second-order valence-electron chi connectivity index (χ2n) is 4.70. The summed E-state index contributed by atoms with van der Waals surface area (Å²) in [6.45, 7) is 7.27. The van der Waals surface area contributed by atoms with Gasteiger partial charge in [-0.15, -0.1) is 0 Å². The van der Waals surface area contributed by atoms with Crippen LogP contribution in [0.4, 0.5) is 0 Å². The average molecular weight is 225 g/mol. The molecule has 0 atom stereocenters. The molecule has 1 saturated heterocycles. The largest absolute Gasteiger partial charge is 0.343 e. The van der Waals surface area contributed by atoms with Crippen molar-refractivity contribution >= 4 is 11.7 Å². The number of Topliss-reactive ketones (excluding diaryl/α,β-unsaturated/α-hetero) is 1. The summed E-state index contributed by atoms with van der Waals surface area (Å²) in [6.07, 6.45) is 3.61. The van der Waals surface area contributed by atoms with Crippen molar-refractivity contribution in [3.05, 3.63) is 0 Å². The molecular weight excluding hydrogens is 202 g/mol. The van der Waals surface area contributed by atoms with Gasteiger partial charge in [-0.3, -0.25) is 9.59 Å². The third-order valence-corrected chi connectivity index (χ3v) is 3.73. The lowest BCUT2D eigenvalue weighted by Gasteiger charge is -2.31. The van der Waals surface area contributed by atoms with E-state index in [0.29, 0.717) is 5.78 Å². The SMILES string of the molecule is CCC(CC)C(=O)C1CCN(C(C)=O)CC1. The van der Waals surface area contributed by atoms with Gasteiger partial charge in [0.05, 0.1) is 0 Å². The van der Waals surface area contributed by atoms with Crippen LogP contribution in [0, 0.1) is 11.8 Å². The number of rotatable bonds is 4. The van der Waals surface area contributed by atoms with Crippen molar-refractivity contribution < 1.29 is 9.59 Å². The van der Waals surface area contributed by atoms with Gasteiger partial charge in [0.25, 0.3) is 0 Å². The van der Waals surface area contributed by atoms with E-state index in [1.807, 2.05) is 4.90 Å². The van der Waals surface area contributed by atoms with E-state index >= 15 is 0 Å². The molecule has 1 amide bonds. The molecular formula is C13H23NO2. The van der Waals surface area contributed by atoms with Gasteiger partial charge in [0.15, 0.2) is 0 Å². The van der Waals surface area contributed by atoms with Crippen LogP contribution in [-0.2, 0) is 9.59 Å². The molecule has 1 rings (SSSR count). The molecule has 0 aromatic heterocycles. The fourth-order valence-electron chi connectivity index (χ4n) is 2.50. The Morgan fingerprint density at radius 3 is 2.06 bits per heavy atom. The fourth-order valence-corrected chi connectivity index (χ4v) is 2.50. The number of carbonyl (C=O) groups is 2. The van der Waals surface area contributed by atoms with Gasteiger partial charge in [-0.1, -0.05) is 13.8 Å². The molecule has 0 unspecified atom stereocenters. The summed E-state index contributed by atoms with van der Waals surface area (Å²) in [5, 5.41) is 0.